The number of nitrogens with one attached hydrogen (secondary N) is 1. The molecule has 0 saturated carbocycles. The van der Waals surface area contributed by atoms with E-state index < -0.39 is 0 Å². The summed E-state index contributed by atoms with van der Waals surface area (Å²) in [5.74, 6) is 1.73. The Labute approximate surface area is 225 Å². The Hall–Kier alpha value is -2.98. The number of thiocarbonyl (C=S) groups is 1. The van der Waals surface area contributed by atoms with Crippen LogP contribution in [0.25, 0.3) is 11.3 Å². The summed E-state index contributed by atoms with van der Waals surface area (Å²) < 4.78 is 11.0. The molecule has 0 spiro atoms. The fraction of sp³-hybridized carbons (Fsp3) is 0.556. The molecule has 0 radical (unpaired) electrons. The molecule has 2 aliphatic rings. The van der Waals surface area contributed by atoms with Crippen LogP contribution in [0.4, 0.5) is 5.82 Å². The van der Waals surface area contributed by atoms with Crippen molar-refractivity contribution >= 4 is 29.1 Å². The molecule has 1 atom stereocenters. The van der Waals surface area contributed by atoms with Gasteiger partial charge in [-0.3, -0.25) is 4.79 Å². The van der Waals surface area contributed by atoms with Crippen molar-refractivity contribution in [3.63, 3.8) is 0 Å². The summed E-state index contributed by atoms with van der Waals surface area (Å²) in [4.78, 5) is 19.4. The van der Waals surface area contributed by atoms with E-state index in [2.05, 4.69) is 20.4 Å². The van der Waals surface area contributed by atoms with Crippen molar-refractivity contribution in [2.75, 3.05) is 57.9 Å². The third kappa shape index (κ3) is 7.52. The van der Waals surface area contributed by atoms with E-state index in [0.29, 0.717) is 31.3 Å². The first-order valence-electron chi connectivity index (χ1n) is 13.1. The fourth-order valence-corrected chi connectivity index (χ4v) is 5.04. The van der Waals surface area contributed by atoms with Crippen LogP contribution in [0.5, 0.6) is 5.75 Å². The number of methoxy groups -OCH3 is 1. The number of carbonyl (C=O) groups excluding carboxylic acids is 1. The van der Waals surface area contributed by atoms with Crippen molar-refractivity contribution in [2.24, 2.45) is 0 Å². The number of hydrogen-bond donors (Lipinski definition) is 1. The predicted octanol–water partition coefficient (Wildman–Crippen LogP) is 2.95. The Kier molecular flexibility index (Phi) is 9.51. The minimum absolute atomic E-state index is 0.0914. The Morgan fingerprint density at radius 1 is 1.14 bits per heavy atom. The summed E-state index contributed by atoms with van der Waals surface area (Å²) in [6, 6.07) is 12.0. The predicted molar refractivity (Wildman–Crippen MR) is 149 cm³/mol. The van der Waals surface area contributed by atoms with E-state index in [9.17, 15) is 4.79 Å². The number of anilines is 1. The Morgan fingerprint density at radius 2 is 1.95 bits per heavy atom. The van der Waals surface area contributed by atoms with Gasteiger partial charge in [-0.05, 0) is 81.7 Å². The molecule has 1 amide bonds. The maximum Gasteiger partial charge on any atom is 0.242 e. The molecule has 200 valence electrons. The van der Waals surface area contributed by atoms with Gasteiger partial charge in [0.1, 0.15) is 5.75 Å². The molecule has 0 unspecified atom stereocenters. The average molecular weight is 527 g/mol. The van der Waals surface area contributed by atoms with Crippen LogP contribution in [0.15, 0.2) is 36.4 Å². The number of aromatic nitrogens is 2. The van der Waals surface area contributed by atoms with Gasteiger partial charge >= 0.3 is 0 Å². The van der Waals surface area contributed by atoms with Gasteiger partial charge in [-0.25, -0.2) is 0 Å². The first-order chi connectivity index (χ1) is 17.9. The van der Waals surface area contributed by atoms with Crippen LogP contribution in [0.2, 0.25) is 0 Å². The highest BCUT2D eigenvalue weighted by molar-refractivity contribution is 7.80. The van der Waals surface area contributed by atoms with Crippen LogP contribution in [-0.4, -0.2) is 96.1 Å². The Bertz CT molecular complexity index is 1030. The maximum absolute atomic E-state index is 13.3. The smallest absolute Gasteiger partial charge is 0.242 e. The number of rotatable bonds is 8. The SMILES string of the molecule is COc1ccc(-c2ccc(N3CCCN(C(=O)CN(C[C@@H]4CCCO4)C(=S)NC(C)C)CC3)nn2)cc1. The fourth-order valence-electron chi connectivity index (χ4n) is 4.66. The quantitative estimate of drug-likeness (QED) is 0.522. The van der Waals surface area contributed by atoms with Crippen molar-refractivity contribution in [1.29, 1.82) is 0 Å². The molecule has 10 heteroatoms. The molecule has 0 bridgehead atoms. The second-order valence-electron chi connectivity index (χ2n) is 9.85. The number of benzene rings is 1. The van der Waals surface area contributed by atoms with Crippen LogP contribution >= 0.6 is 12.2 Å². The molecular formula is C27H38N6O3S. The summed E-state index contributed by atoms with van der Waals surface area (Å²) in [6.45, 7) is 8.67. The number of ether oxygens (including phenoxy) is 2. The van der Waals surface area contributed by atoms with Gasteiger partial charge in [0.2, 0.25) is 5.91 Å². The molecule has 1 aromatic carbocycles. The minimum Gasteiger partial charge on any atom is -0.497 e. The highest BCUT2D eigenvalue weighted by atomic mass is 32.1. The van der Waals surface area contributed by atoms with Gasteiger partial charge in [0.15, 0.2) is 10.9 Å². The summed E-state index contributed by atoms with van der Waals surface area (Å²) in [6.07, 6.45) is 3.06. The maximum atomic E-state index is 13.3. The molecule has 3 heterocycles. The van der Waals surface area contributed by atoms with E-state index >= 15 is 0 Å². The third-order valence-corrected chi connectivity index (χ3v) is 7.06. The van der Waals surface area contributed by atoms with Crippen molar-refractivity contribution < 1.29 is 14.3 Å². The van der Waals surface area contributed by atoms with E-state index in [1.807, 2.05) is 60.0 Å². The van der Waals surface area contributed by atoms with E-state index in [1.54, 1.807) is 7.11 Å². The largest absolute Gasteiger partial charge is 0.497 e. The topological polar surface area (TPSA) is 83.1 Å². The first-order valence-corrected chi connectivity index (χ1v) is 13.5. The van der Waals surface area contributed by atoms with Gasteiger partial charge in [0, 0.05) is 50.9 Å². The molecule has 0 aliphatic carbocycles. The zero-order valence-corrected chi connectivity index (χ0v) is 22.9. The van der Waals surface area contributed by atoms with Gasteiger partial charge in [0.25, 0.3) is 0 Å². The summed E-state index contributed by atoms with van der Waals surface area (Å²) >= 11 is 5.63. The van der Waals surface area contributed by atoms with E-state index in [1.165, 1.54) is 0 Å². The molecule has 2 fully saturated rings. The number of nitrogens with zero attached hydrogens (tertiary/aromatic N) is 5. The highest BCUT2D eigenvalue weighted by Crippen LogP contribution is 2.22. The molecule has 2 aromatic rings. The number of amides is 1. The lowest BCUT2D eigenvalue weighted by atomic mass is 10.1. The number of carbonyl (C=O) groups is 1. The van der Waals surface area contributed by atoms with Crippen LogP contribution in [0.3, 0.4) is 0 Å². The van der Waals surface area contributed by atoms with Crippen molar-refractivity contribution in [1.82, 2.24) is 25.3 Å². The minimum atomic E-state index is 0.0914. The highest BCUT2D eigenvalue weighted by Gasteiger charge is 2.26. The van der Waals surface area contributed by atoms with Gasteiger partial charge in [-0.2, -0.15) is 0 Å². The summed E-state index contributed by atoms with van der Waals surface area (Å²) in [5.41, 5.74) is 1.81. The lowest BCUT2D eigenvalue weighted by Gasteiger charge is -2.31. The summed E-state index contributed by atoms with van der Waals surface area (Å²) in [7, 11) is 1.65. The van der Waals surface area contributed by atoms with Crippen LogP contribution in [0, 0.1) is 0 Å². The Balaban J connectivity index is 1.34. The molecular weight excluding hydrogens is 488 g/mol. The van der Waals surface area contributed by atoms with E-state index in [0.717, 1.165) is 55.2 Å². The van der Waals surface area contributed by atoms with E-state index in [-0.39, 0.29) is 24.6 Å². The second kappa shape index (κ2) is 13.0. The monoisotopic (exact) mass is 526 g/mol. The van der Waals surface area contributed by atoms with Gasteiger partial charge in [0.05, 0.1) is 25.5 Å². The molecule has 37 heavy (non-hydrogen) atoms. The third-order valence-electron chi connectivity index (χ3n) is 6.68. The van der Waals surface area contributed by atoms with E-state index in [4.69, 9.17) is 21.7 Å². The van der Waals surface area contributed by atoms with Crippen molar-refractivity contribution in [3.8, 4) is 17.0 Å². The molecule has 4 rings (SSSR count). The summed E-state index contributed by atoms with van der Waals surface area (Å²) in [5, 5.41) is 12.8. The standard InChI is InChI=1S/C27H38N6O3S/c1-20(2)28-27(37)33(18-23-6-4-17-36-23)19-26(34)32-14-5-13-31(15-16-32)25-12-11-24(29-30-25)21-7-9-22(35-3)10-8-21/h7-12,20,23H,4-6,13-19H2,1-3H3,(H,28,37)/t23-/m0/s1. The van der Waals surface area contributed by atoms with Crippen LogP contribution in [0.1, 0.15) is 33.1 Å². The van der Waals surface area contributed by atoms with Crippen molar-refractivity contribution in [3.05, 3.63) is 36.4 Å². The second-order valence-corrected chi connectivity index (χ2v) is 10.2. The first kappa shape index (κ1) is 27.1. The molecule has 1 N–H and O–H groups in total. The van der Waals surface area contributed by atoms with Gasteiger partial charge in [-0.1, -0.05) is 0 Å². The van der Waals surface area contributed by atoms with Crippen LogP contribution in [-0.2, 0) is 9.53 Å². The zero-order chi connectivity index (χ0) is 26.2. The van der Waals surface area contributed by atoms with Crippen LogP contribution < -0.4 is 15.0 Å². The molecule has 2 aliphatic heterocycles. The molecule has 2 saturated heterocycles. The van der Waals surface area contributed by atoms with Gasteiger partial charge in [-0.15, -0.1) is 10.2 Å². The zero-order valence-electron chi connectivity index (χ0n) is 22.1. The lowest BCUT2D eigenvalue weighted by molar-refractivity contribution is -0.131. The molecule has 9 nitrogen and oxygen atoms in total. The average Bonchev–Trinajstić information content (AvgIpc) is 3.29. The Morgan fingerprint density at radius 3 is 2.59 bits per heavy atom. The normalized spacial score (nSPS) is 18.0. The van der Waals surface area contributed by atoms with Crippen molar-refractivity contribution in [2.45, 2.75) is 45.3 Å². The van der Waals surface area contributed by atoms with Gasteiger partial charge < -0.3 is 29.5 Å². The number of hydrogen-bond acceptors (Lipinski definition) is 7. The lowest BCUT2D eigenvalue weighted by Crippen LogP contribution is -2.50. The molecule has 1 aromatic heterocycles.